The molecule has 1 fully saturated rings. The van der Waals surface area contributed by atoms with Gasteiger partial charge in [0.25, 0.3) is 5.91 Å². The monoisotopic (exact) mass is 423 g/mol. The van der Waals surface area contributed by atoms with Gasteiger partial charge in [-0.05, 0) is 81.0 Å². The maximum absolute atomic E-state index is 13.9. The first-order valence-electron chi connectivity index (χ1n) is 11.3. The first-order chi connectivity index (χ1) is 15.4. The molecule has 32 heavy (non-hydrogen) atoms. The minimum Gasteiger partial charge on any atom is -0.340 e. The van der Waals surface area contributed by atoms with Crippen LogP contribution in [0.4, 0.5) is 0 Å². The molecule has 1 saturated heterocycles. The molecule has 0 radical (unpaired) electrons. The molecule has 0 saturated carbocycles. The van der Waals surface area contributed by atoms with E-state index in [9.17, 15) is 4.79 Å². The second-order valence-electron chi connectivity index (χ2n) is 9.29. The van der Waals surface area contributed by atoms with E-state index in [1.807, 2.05) is 35.2 Å². The van der Waals surface area contributed by atoms with Crippen LogP contribution in [0.25, 0.3) is 22.2 Å². The van der Waals surface area contributed by atoms with Gasteiger partial charge in [-0.2, -0.15) is 0 Å². The molecule has 4 nitrogen and oxygen atoms in total. The Bertz CT molecular complexity index is 1300. The van der Waals surface area contributed by atoms with Gasteiger partial charge in [0.05, 0.1) is 16.6 Å². The highest BCUT2D eigenvalue weighted by Gasteiger charge is 2.44. The third-order valence-electron chi connectivity index (χ3n) is 6.98. The largest absolute Gasteiger partial charge is 0.340 e. The summed E-state index contributed by atoms with van der Waals surface area (Å²) in [5.74, 6) is 0.936. The third kappa shape index (κ3) is 3.31. The van der Waals surface area contributed by atoms with Crippen LogP contribution < -0.4 is 0 Å². The van der Waals surface area contributed by atoms with Gasteiger partial charge < -0.3 is 9.88 Å². The van der Waals surface area contributed by atoms with Gasteiger partial charge >= 0.3 is 0 Å². The number of benzene rings is 3. The molecular weight excluding hydrogens is 394 g/mol. The van der Waals surface area contributed by atoms with E-state index in [2.05, 4.69) is 63.0 Å². The summed E-state index contributed by atoms with van der Waals surface area (Å²) < 4.78 is 0. The van der Waals surface area contributed by atoms with Crippen molar-refractivity contribution in [2.45, 2.75) is 46.1 Å². The number of aromatic nitrogens is 2. The van der Waals surface area contributed by atoms with Gasteiger partial charge in [-0.1, -0.05) is 48.0 Å². The number of carbonyl (C=O) groups is 1. The zero-order valence-electron chi connectivity index (χ0n) is 19.2. The molecule has 1 atom stereocenters. The Morgan fingerprint density at radius 3 is 2.59 bits per heavy atom. The lowest BCUT2D eigenvalue weighted by Gasteiger charge is -2.34. The summed E-state index contributed by atoms with van der Waals surface area (Å²) in [5.41, 5.74) is 7.98. The van der Waals surface area contributed by atoms with Crippen molar-refractivity contribution >= 4 is 16.9 Å². The number of rotatable bonds is 3. The predicted molar refractivity (Wildman–Crippen MR) is 130 cm³/mol. The molecule has 0 bridgehead atoms. The number of hydrogen-bond donors (Lipinski definition) is 1. The molecule has 0 spiro atoms. The molecule has 3 aromatic carbocycles. The number of hydrogen-bond acceptors (Lipinski definition) is 2. The van der Waals surface area contributed by atoms with E-state index in [1.54, 1.807) is 0 Å². The second kappa shape index (κ2) is 7.63. The van der Waals surface area contributed by atoms with E-state index in [0.717, 1.165) is 52.9 Å². The number of nitrogens with zero attached hydrogens (tertiary/aromatic N) is 2. The van der Waals surface area contributed by atoms with Crippen molar-refractivity contribution in [3.8, 4) is 11.1 Å². The molecule has 1 amide bonds. The van der Waals surface area contributed by atoms with Crippen LogP contribution in [-0.2, 0) is 5.54 Å². The summed E-state index contributed by atoms with van der Waals surface area (Å²) in [6, 6.07) is 20.6. The Morgan fingerprint density at radius 1 is 1.00 bits per heavy atom. The summed E-state index contributed by atoms with van der Waals surface area (Å²) in [5, 5.41) is 0. The van der Waals surface area contributed by atoms with E-state index in [0.29, 0.717) is 0 Å². The SMILES string of the molecule is Cc1cccc(-c2ccccc2C(=O)N2CCCC2(C)c2nc3cc(C)c(C)cc3[nH]2)c1. The van der Waals surface area contributed by atoms with Crippen molar-refractivity contribution in [2.75, 3.05) is 6.54 Å². The van der Waals surface area contributed by atoms with Crippen LogP contribution in [-0.4, -0.2) is 27.3 Å². The van der Waals surface area contributed by atoms with Gasteiger partial charge in [0.15, 0.2) is 0 Å². The zero-order valence-corrected chi connectivity index (χ0v) is 19.2. The molecule has 1 aliphatic rings. The smallest absolute Gasteiger partial charge is 0.255 e. The van der Waals surface area contributed by atoms with Crippen molar-refractivity contribution in [2.24, 2.45) is 0 Å². The van der Waals surface area contributed by atoms with Gasteiger partial charge in [0.1, 0.15) is 5.82 Å². The predicted octanol–water partition coefficient (Wildman–Crippen LogP) is 6.31. The van der Waals surface area contributed by atoms with Crippen molar-refractivity contribution in [3.63, 3.8) is 0 Å². The highest BCUT2D eigenvalue weighted by Crippen LogP contribution is 2.40. The number of fused-ring (bicyclic) bond motifs is 1. The summed E-state index contributed by atoms with van der Waals surface area (Å²) in [6.45, 7) is 9.18. The fraction of sp³-hybridized carbons (Fsp3) is 0.286. The molecule has 1 N–H and O–H groups in total. The maximum atomic E-state index is 13.9. The topological polar surface area (TPSA) is 49.0 Å². The van der Waals surface area contributed by atoms with Crippen LogP contribution in [0.15, 0.2) is 60.7 Å². The number of carbonyl (C=O) groups excluding carboxylic acids is 1. The van der Waals surface area contributed by atoms with Crippen LogP contribution >= 0.6 is 0 Å². The molecule has 1 aliphatic heterocycles. The number of likely N-dealkylation sites (tertiary alicyclic amines) is 1. The molecule has 1 aromatic heterocycles. The Hall–Kier alpha value is -3.40. The lowest BCUT2D eigenvalue weighted by Crippen LogP contribution is -2.43. The standard InChI is InChI=1S/C28H29N3O/c1-18-9-7-10-21(15-18)22-11-5-6-12-23(22)26(32)31-14-8-13-28(31,4)27-29-24-16-19(2)20(3)17-25(24)30-27/h5-7,9-12,15-17H,8,13-14H2,1-4H3,(H,29,30). The summed E-state index contributed by atoms with van der Waals surface area (Å²) in [6.07, 6.45) is 1.85. The van der Waals surface area contributed by atoms with Gasteiger partial charge in [-0.25, -0.2) is 4.98 Å². The zero-order chi connectivity index (χ0) is 22.5. The lowest BCUT2D eigenvalue weighted by atomic mass is 9.94. The van der Waals surface area contributed by atoms with Crippen LogP contribution in [0.3, 0.4) is 0 Å². The molecular formula is C28H29N3O. The summed E-state index contributed by atoms with van der Waals surface area (Å²) in [4.78, 5) is 24.4. The molecule has 1 unspecified atom stereocenters. The molecule has 0 aliphatic carbocycles. The van der Waals surface area contributed by atoms with E-state index in [4.69, 9.17) is 4.98 Å². The van der Waals surface area contributed by atoms with Crippen molar-refractivity contribution < 1.29 is 4.79 Å². The summed E-state index contributed by atoms with van der Waals surface area (Å²) >= 11 is 0. The van der Waals surface area contributed by atoms with Crippen LogP contribution in [0.2, 0.25) is 0 Å². The Labute approximate surface area is 189 Å². The molecule has 162 valence electrons. The Kier molecular flexibility index (Phi) is 4.89. The fourth-order valence-electron chi connectivity index (χ4n) is 4.94. The Balaban J connectivity index is 1.56. The highest BCUT2D eigenvalue weighted by atomic mass is 16.2. The van der Waals surface area contributed by atoms with E-state index >= 15 is 0 Å². The molecule has 4 heteroatoms. The summed E-state index contributed by atoms with van der Waals surface area (Å²) in [7, 11) is 0. The first-order valence-corrected chi connectivity index (χ1v) is 11.3. The average Bonchev–Trinajstić information content (AvgIpc) is 3.38. The first kappa shape index (κ1) is 20.5. The van der Waals surface area contributed by atoms with E-state index in [1.165, 1.54) is 16.7 Å². The molecule has 4 aromatic rings. The van der Waals surface area contributed by atoms with Crippen LogP contribution in [0.5, 0.6) is 0 Å². The van der Waals surface area contributed by atoms with Gasteiger partial charge in [-0.3, -0.25) is 4.79 Å². The van der Waals surface area contributed by atoms with E-state index in [-0.39, 0.29) is 5.91 Å². The number of H-pyrrole nitrogens is 1. The number of aromatic amines is 1. The minimum absolute atomic E-state index is 0.0647. The van der Waals surface area contributed by atoms with Crippen molar-refractivity contribution in [1.29, 1.82) is 0 Å². The van der Waals surface area contributed by atoms with Gasteiger partial charge in [-0.15, -0.1) is 0 Å². The number of nitrogens with one attached hydrogen (secondary N) is 1. The van der Waals surface area contributed by atoms with Gasteiger partial charge in [0, 0.05) is 12.1 Å². The van der Waals surface area contributed by atoms with Crippen LogP contribution in [0, 0.1) is 20.8 Å². The average molecular weight is 424 g/mol. The lowest BCUT2D eigenvalue weighted by molar-refractivity contribution is 0.0607. The molecule has 2 heterocycles. The number of imidazole rings is 1. The molecule has 5 rings (SSSR count). The minimum atomic E-state index is -0.461. The second-order valence-corrected chi connectivity index (χ2v) is 9.29. The maximum Gasteiger partial charge on any atom is 0.255 e. The quantitative estimate of drug-likeness (QED) is 0.420. The number of amides is 1. The fourth-order valence-corrected chi connectivity index (χ4v) is 4.94. The third-order valence-corrected chi connectivity index (χ3v) is 6.98. The van der Waals surface area contributed by atoms with E-state index < -0.39 is 5.54 Å². The normalized spacial score (nSPS) is 18.4. The Morgan fingerprint density at radius 2 is 1.78 bits per heavy atom. The van der Waals surface area contributed by atoms with Crippen molar-refractivity contribution in [1.82, 2.24) is 14.9 Å². The van der Waals surface area contributed by atoms with Crippen LogP contribution in [0.1, 0.15) is 52.6 Å². The highest BCUT2D eigenvalue weighted by molar-refractivity contribution is 6.01. The van der Waals surface area contributed by atoms with Crippen molar-refractivity contribution in [3.05, 3.63) is 88.7 Å². The number of aryl methyl sites for hydroxylation is 3. The van der Waals surface area contributed by atoms with Gasteiger partial charge in [0.2, 0.25) is 0 Å².